The molecule has 0 aliphatic carbocycles. The van der Waals surface area contributed by atoms with Gasteiger partial charge in [-0.05, 0) is 61.6 Å². The maximum Gasteiger partial charge on any atom is 0.254 e. The SMILES string of the molecule is O=C(c1ccc(N2CCCC2)c(Cl)c1)N(Cc1ccncc1)CC1CCCO1. The van der Waals surface area contributed by atoms with Crippen LogP contribution in [0.1, 0.15) is 41.6 Å². The Kier molecular flexibility index (Phi) is 6.13. The number of amides is 1. The number of halogens is 1. The second-order valence-corrected chi connectivity index (χ2v) is 7.94. The summed E-state index contributed by atoms with van der Waals surface area (Å²) in [5.41, 5.74) is 2.71. The van der Waals surface area contributed by atoms with Gasteiger partial charge in [0.1, 0.15) is 0 Å². The van der Waals surface area contributed by atoms with E-state index in [0.717, 1.165) is 43.8 Å². The number of nitrogens with zero attached hydrogens (tertiary/aromatic N) is 3. The number of aromatic nitrogens is 1. The first kappa shape index (κ1) is 19.2. The maximum atomic E-state index is 13.3. The Hall–Kier alpha value is -2.11. The van der Waals surface area contributed by atoms with Gasteiger partial charge in [0, 0.05) is 50.7 Å². The smallest absolute Gasteiger partial charge is 0.254 e. The van der Waals surface area contributed by atoms with Crippen molar-refractivity contribution in [1.82, 2.24) is 9.88 Å². The Balaban J connectivity index is 1.54. The first-order valence-electron chi connectivity index (χ1n) is 10.0. The van der Waals surface area contributed by atoms with Gasteiger partial charge < -0.3 is 14.5 Å². The summed E-state index contributed by atoms with van der Waals surface area (Å²) in [7, 11) is 0. The highest BCUT2D eigenvalue weighted by atomic mass is 35.5. The predicted octanol–water partition coefficient (Wildman–Crippen LogP) is 4.16. The number of rotatable bonds is 6. The average Bonchev–Trinajstić information content (AvgIpc) is 3.42. The standard InChI is InChI=1S/C22H26ClN3O2/c23-20-14-18(5-6-21(20)25-11-1-2-12-25)22(27)26(16-19-4-3-13-28-19)15-17-7-9-24-10-8-17/h5-10,14,19H,1-4,11-13,15-16H2. The Bertz CT molecular complexity index is 803. The fourth-order valence-electron chi connectivity index (χ4n) is 4.00. The fourth-order valence-corrected chi connectivity index (χ4v) is 4.30. The summed E-state index contributed by atoms with van der Waals surface area (Å²) in [5.74, 6) is -0.0119. The Morgan fingerprint density at radius 2 is 1.96 bits per heavy atom. The molecule has 1 unspecified atom stereocenters. The van der Waals surface area contributed by atoms with E-state index < -0.39 is 0 Å². The van der Waals surface area contributed by atoms with Gasteiger partial charge in [0.15, 0.2) is 0 Å². The molecular weight excluding hydrogens is 374 g/mol. The molecule has 2 fully saturated rings. The van der Waals surface area contributed by atoms with Crippen molar-refractivity contribution in [2.24, 2.45) is 0 Å². The van der Waals surface area contributed by atoms with E-state index in [0.29, 0.717) is 23.7 Å². The van der Waals surface area contributed by atoms with Crippen molar-refractivity contribution >= 4 is 23.2 Å². The summed E-state index contributed by atoms with van der Waals surface area (Å²) in [6.07, 6.45) is 8.05. The molecule has 2 aliphatic rings. The number of carbonyl (C=O) groups is 1. The second-order valence-electron chi connectivity index (χ2n) is 7.54. The van der Waals surface area contributed by atoms with Crippen molar-refractivity contribution in [3.05, 3.63) is 58.9 Å². The molecule has 0 N–H and O–H groups in total. The molecule has 1 amide bonds. The number of hydrogen-bond acceptors (Lipinski definition) is 4. The highest BCUT2D eigenvalue weighted by Crippen LogP contribution is 2.30. The van der Waals surface area contributed by atoms with Crippen LogP contribution in [-0.2, 0) is 11.3 Å². The van der Waals surface area contributed by atoms with E-state index in [1.54, 1.807) is 12.4 Å². The maximum absolute atomic E-state index is 13.3. The number of carbonyl (C=O) groups excluding carboxylic acids is 1. The minimum atomic E-state index is -0.0119. The van der Waals surface area contributed by atoms with Gasteiger partial charge in [-0.15, -0.1) is 0 Å². The first-order chi connectivity index (χ1) is 13.7. The van der Waals surface area contributed by atoms with E-state index in [1.165, 1.54) is 12.8 Å². The highest BCUT2D eigenvalue weighted by molar-refractivity contribution is 6.33. The molecule has 0 spiro atoms. The first-order valence-corrected chi connectivity index (χ1v) is 10.4. The van der Waals surface area contributed by atoms with Crippen molar-refractivity contribution in [2.75, 3.05) is 31.1 Å². The lowest BCUT2D eigenvalue weighted by atomic mass is 10.1. The van der Waals surface area contributed by atoms with Crippen LogP contribution in [0.2, 0.25) is 5.02 Å². The summed E-state index contributed by atoms with van der Waals surface area (Å²) in [4.78, 5) is 21.5. The monoisotopic (exact) mass is 399 g/mol. The number of ether oxygens (including phenoxy) is 1. The third kappa shape index (κ3) is 4.47. The zero-order chi connectivity index (χ0) is 19.3. The summed E-state index contributed by atoms with van der Waals surface area (Å²) in [6, 6.07) is 9.58. The van der Waals surface area contributed by atoms with Crippen LogP contribution in [-0.4, -0.2) is 48.1 Å². The average molecular weight is 400 g/mol. The van der Waals surface area contributed by atoms with E-state index in [9.17, 15) is 4.79 Å². The van der Waals surface area contributed by atoms with Crippen molar-refractivity contribution < 1.29 is 9.53 Å². The van der Waals surface area contributed by atoms with Crippen molar-refractivity contribution in [1.29, 1.82) is 0 Å². The lowest BCUT2D eigenvalue weighted by molar-refractivity contribution is 0.0507. The Labute approximate surface area is 171 Å². The van der Waals surface area contributed by atoms with Gasteiger partial charge in [0.05, 0.1) is 16.8 Å². The van der Waals surface area contributed by atoms with E-state index in [2.05, 4.69) is 9.88 Å². The Morgan fingerprint density at radius 1 is 1.18 bits per heavy atom. The van der Waals surface area contributed by atoms with Gasteiger partial charge in [-0.3, -0.25) is 9.78 Å². The van der Waals surface area contributed by atoms with Crippen molar-refractivity contribution in [2.45, 2.75) is 38.3 Å². The third-order valence-electron chi connectivity index (χ3n) is 5.50. The van der Waals surface area contributed by atoms with Crippen LogP contribution in [0.5, 0.6) is 0 Å². The van der Waals surface area contributed by atoms with Gasteiger partial charge in [-0.1, -0.05) is 11.6 Å². The quantitative estimate of drug-likeness (QED) is 0.731. The molecule has 2 aromatic rings. The highest BCUT2D eigenvalue weighted by Gasteiger charge is 2.25. The minimum absolute atomic E-state index is 0.0119. The zero-order valence-corrected chi connectivity index (χ0v) is 16.8. The molecule has 4 rings (SSSR count). The fraction of sp³-hybridized carbons (Fsp3) is 0.455. The molecule has 2 saturated heterocycles. The van der Waals surface area contributed by atoms with Gasteiger partial charge in [0.2, 0.25) is 0 Å². The van der Waals surface area contributed by atoms with Gasteiger partial charge >= 0.3 is 0 Å². The number of benzene rings is 1. The molecule has 5 nitrogen and oxygen atoms in total. The molecule has 1 atom stereocenters. The minimum Gasteiger partial charge on any atom is -0.376 e. The normalized spacial score (nSPS) is 19.2. The van der Waals surface area contributed by atoms with E-state index in [4.69, 9.17) is 16.3 Å². The van der Waals surface area contributed by atoms with Crippen LogP contribution < -0.4 is 4.90 Å². The molecule has 1 aromatic carbocycles. The summed E-state index contributed by atoms with van der Waals surface area (Å²) < 4.78 is 5.78. The number of hydrogen-bond donors (Lipinski definition) is 0. The predicted molar refractivity (Wildman–Crippen MR) is 111 cm³/mol. The van der Waals surface area contributed by atoms with Crippen LogP contribution in [0.15, 0.2) is 42.7 Å². The van der Waals surface area contributed by atoms with Crippen molar-refractivity contribution in [3.63, 3.8) is 0 Å². The van der Waals surface area contributed by atoms with E-state index >= 15 is 0 Å². The topological polar surface area (TPSA) is 45.7 Å². The molecule has 1 aromatic heterocycles. The molecule has 6 heteroatoms. The van der Waals surface area contributed by atoms with Crippen LogP contribution in [0.25, 0.3) is 0 Å². The summed E-state index contributed by atoms with van der Waals surface area (Å²) >= 11 is 6.54. The number of pyridine rings is 1. The molecule has 148 valence electrons. The van der Waals surface area contributed by atoms with Crippen LogP contribution in [0.4, 0.5) is 5.69 Å². The molecule has 28 heavy (non-hydrogen) atoms. The van der Waals surface area contributed by atoms with Gasteiger partial charge in [-0.2, -0.15) is 0 Å². The molecule has 3 heterocycles. The lowest BCUT2D eigenvalue weighted by Gasteiger charge is -2.26. The molecule has 0 radical (unpaired) electrons. The summed E-state index contributed by atoms with van der Waals surface area (Å²) in [6.45, 7) is 3.96. The molecule has 2 aliphatic heterocycles. The largest absolute Gasteiger partial charge is 0.376 e. The van der Waals surface area contributed by atoms with Crippen LogP contribution in [0.3, 0.4) is 0 Å². The van der Waals surface area contributed by atoms with E-state index in [-0.39, 0.29) is 12.0 Å². The lowest BCUT2D eigenvalue weighted by Crippen LogP contribution is -2.37. The third-order valence-corrected chi connectivity index (χ3v) is 5.80. The van der Waals surface area contributed by atoms with Crippen molar-refractivity contribution in [3.8, 4) is 0 Å². The Morgan fingerprint density at radius 3 is 2.64 bits per heavy atom. The molecule has 0 bridgehead atoms. The van der Waals surface area contributed by atoms with E-state index in [1.807, 2.05) is 35.2 Å². The number of anilines is 1. The van der Waals surface area contributed by atoms with Gasteiger partial charge in [0.25, 0.3) is 5.91 Å². The molecule has 0 saturated carbocycles. The second kappa shape index (κ2) is 8.93. The summed E-state index contributed by atoms with van der Waals surface area (Å²) in [5, 5.41) is 0.647. The van der Waals surface area contributed by atoms with Crippen LogP contribution in [0, 0.1) is 0 Å². The zero-order valence-electron chi connectivity index (χ0n) is 16.0. The van der Waals surface area contributed by atoms with Gasteiger partial charge in [-0.25, -0.2) is 0 Å². The molecular formula is C22H26ClN3O2. The van der Waals surface area contributed by atoms with Crippen LogP contribution >= 0.6 is 11.6 Å².